The van der Waals surface area contributed by atoms with E-state index in [1.54, 1.807) is 0 Å². The standard InChI is InChI=1S/C12H28N2O/c1-4-8-14(9-5-2)10-6-7-12(3,15)11-13/h15H,4-11,13H2,1-3H3. The summed E-state index contributed by atoms with van der Waals surface area (Å²) in [6, 6.07) is 0. The first-order valence-corrected chi connectivity index (χ1v) is 6.20. The average molecular weight is 216 g/mol. The van der Waals surface area contributed by atoms with E-state index in [2.05, 4.69) is 18.7 Å². The summed E-state index contributed by atoms with van der Waals surface area (Å²) < 4.78 is 0. The Kier molecular flexibility index (Phi) is 8.02. The van der Waals surface area contributed by atoms with Crippen LogP contribution in [0.2, 0.25) is 0 Å². The Bertz CT molecular complexity index is 143. The summed E-state index contributed by atoms with van der Waals surface area (Å²) in [5.74, 6) is 0. The molecule has 0 heterocycles. The van der Waals surface area contributed by atoms with Gasteiger partial charge in [-0.2, -0.15) is 0 Å². The van der Waals surface area contributed by atoms with Gasteiger partial charge in [-0.1, -0.05) is 13.8 Å². The average Bonchev–Trinajstić information content (AvgIpc) is 2.18. The molecular weight excluding hydrogens is 188 g/mol. The van der Waals surface area contributed by atoms with E-state index in [1.165, 1.54) is 25.9 Å². The highest BCUT2D eigenvalue weighted by Crippen LogP contribution is 2.10. The first-order valence-electron chi connectivity index (χ1n) is 6.20. The van der Waals surface area contributed by atoms with E-state index in [9.17, 15) is 5.11 Å². The molecule has 0 aliphatic carbocycles. The van der Waals surface area contributed by atoms with Gasteiger partial charge in [-0.15, -0.1) is 0 Å². The first-order chi connectivity index (χ1) is 7.05. The highest BCUT2D eigenvalue weighted by Gasteiger charge is 2.17. The molecule has 0 saturated carbocycles. The molecule has 3 nitrogen and oxygen atoms in total. The number of aliphatic hydroxyl groups is 1. The summed E-state index contributed by atoms with van der Waals surface area (Å²) >= 11 is 0. The van der Waals surface area contributed by atoms with Crippen molar-refractivity contribution in [1.82, 2.24) is 4.90 Å². The van der Waals surface area contributed by atoms with Gasteiger partial charge in [0, 0.05) is 6.54 Å². The molecular formula is C12H28N2O. The van der Waals surface area contributed by atoms with Gasteiger partial charge in [-0.3, -0.25) is 0 Å². The lowest BCUT2D eigenvalue weighted by Crippen LogP contribution is -2.35. The minimum atomic E-state index is -0.676. The summed E-state index contributed by atoms with van der Waals surface area (Å²) in [5.41, 5.74) is 4.80. The van der Waals surface area contributed by atoms with E-state index in [-0.39, 0.29) is 0 Å². The molecule has 1 atom stereocenters. The van der Waals surface area contributed by atoms with Gasteiger partial charge in [0.25, 0.3) is 0 Å². The van der Waals surface area contributed by atoms with Gasteiger partial charge >= 0.3 is 0 Å². The monoisotopic (exact) mass is 216 g/mol. The fourth-order valence-electron chi connectivity index (χ4n) is 1.75. The Balaban J connectivity index is 3.69. The minimum Gasteiger partial charge on any atom is -0.389 e. The van der Waals surface area contributed by atoms with Crippen LogP contribution in [-0.4, -0.2) is 41.8 Å². The molecule has 3 N–H and O–H groups in total. The third kappa shape index (κ3) is 7.77. The summed E-state index contributed by atoms with van der Waals surface area (Å²) in [5, 5.41) is 9.75. The highest BCUT2D eigenvalue weighted by molar-refractivity contribution is 4.73. The fourth-order valence-corrected chi connectivity index (χ4v) is 1.75. The maximum absolute atomic E-state index is 9.75. The van der Waals surface area contributed by atoms with E-state index in [1.807, 2.05) is 6.92 Å². The van der Waals surface area contributed by atoms with Gasteiger partial charge < -0.3 is 15.7 Å². The van der Waals surface area contributed by atoms with E-state index in [0.717, 1.165) is 19.4 Å². The lowest BCUT2D eigenvalue weighted by molar-refractivity contribution is 0.0544. The molecule has 15 heavy (non-hydrogen) atoms. The molecule has 1 unspecified atom stereocenters. The first kappa shape index (κ1) is 14.9. The quantitative estimate of drug-likeness (QED) is 0.615. The van der Waals surface area contributed by atoms with Crippen LogP contribution in [0.25, 0.3) is 0 Å². The maximum atomic E-state index is 9.75. The lowest BCUT2D eigenvalue weighted by Gasteiger charge is -2.25. The van der Waals surface area contributed by atoms with Crippen LogP contribution in [0, 0.1) is 0 Å². The van der Waals surface area contributed by atoms with Gasteiger partial charge in [0.15, 0.2) is 0 Å². The fraction of sp³-hybridized carbons (Fsp3) is 1.00. The second-order valence-electron chi connectivity index (χ2n) is 4.65. The van der Waals surface area contributed by atoms with Gasteiger partial charge in [0.2, 0.25) is 0 Å². The lowest BCUT2D eigenvalue weighted by atomic mass is 10.0. The van der Waals surface area contributed by atoms with Crippen molar-refractivity contribution in [3.8, 4) is 0 Å². The summed E-state index contributed by atoms with van der Waals surface area (Å²) in [4.78, 5) is 2.46. The Hall–Kier alpha value is -0.120. The number of rotatable bonds is 9. The summed E-state index contributed by atoms with van der Waals surface area (Å²) in [6.45, 7) is 10.00. The third-order valence-electron chi connectivity index (χ3n) is 2.71. The van der Waals surface area contributed by atoms with Gasteiger partial charge in [-0.05, 0) is 52.2 Å². The van der Waals surface area contributed by atoms with E-state index >= 15 is 0 Å². The van der Waals surface area contributed by atoms with Crippen LogP contribution in [0.4, 0.5) is 0 Å². The van der Waals surface area contributed by atoms with Crippen LogP contribution in [0.3, 0.4) is 0 Å². The SMILES string of the molecule is CCCN(CCC)CCCC(C)(O)CN. The third-order valence-corrected chi connectivity index (χ3v) is 2.71. The minimum absolute atomic E-state index is 0.356. The Labute approximate surface area is 94.6 Å². The molecule has 0 spiro atoms. The predicted octanol–water partition coefficient (Wildman–Crippen LogP) is 1.60. The van der Waals surface area contributed by atoms with Crippen LogP contribution >= 0.6 is 0 Å². The molecule has 0 saturated heterocycles. The van der Waals surface area contributed by atoms with Crippen molar-refractivity contribution in [3.05, 3.63) is 0 Å². The highest BCUT2D eigenvalue weighted by atomic mass is 16.3. The van der Waals surface area contributed by atoms with Crippen molar-refractivity contribution < 1.29 is 5.11 Å². The Morgan fingerprint density at radius 2 is 1.67 bits per heavy atom. The molecule has 3 heteroatoms. The van der Waals surface area contributed by atoms with Crippen molar-refractivity contribution >= 4 is 0 Å². The van der Waals surface area contributed by atoms with Crippen molar-refractivity contribution in [2.45, 2.75) is 52.1 Å². The summed E-state index contributed by atoms with van der Waals surface area (Å²) in [7, 11) is 0. The Morgan fingerprint density at radius 1 is 1.13 bits per heavy atom. The van der Waals surface area contributed by atoms with E-state index in [0.29, 0.717) is 6.54 Å². The van der Waals surface area contributed by atoms with Crippen LogP contribution in [-0.2, 0) is 0 Å². The van der Waals surface area contributed by atoms with Crippen LogP contribution in [0.5, 0.6) is 0 Å². The molecule has 0 amide bonds. The zero-order valence-corrected chi connectivity index (χ0v) is 10.6. The largest absolute Gasteiger partial charge is 0.389 e. The van der Waals surface area contributed by atoms with Crippen molar-refractivity contribution in [1.29, 1.82) is 0 Å². The molecule has 0 aliphatic rings. The molecule has 0 fully saturated rings. The molecule has 0 aromatic carbocycles. The maximum Gasteiger partial charge on any atom is 0.0741 e. The normalized spacial score (nSPS) is 15.6. The molecule has 0 rings (SSSR count). The van der Waals surface area contributed by atoms with Crippen molar-refractivity contribution in [2.24, 2.45) is 5.73 Å². The van der Waals surface area contributed by atoms with E-state index in [4.69, 9.17) is 5.73 Å². The second-order valence-corrected chi connectivity index (χ2v) is 4.65. The number of hydrogen-bond donors (Lipinski definition) is 2. The number of hydrogen-bond acceptors (Lipinski definition) is 3. The smallest absolute Gasteiger partial charge is 0.0741 e. The van der Waals surface area contributed by atoms with Crippen molar-refractivity contribution in [2.75, 3.05) is 26.2 Å². The molecule has 0 aromatic rings. The molecule has 0 aliphatic heterocycles. The number of nitrogens with two attached hydrogens (primary N) is 1. The molecule has 0 bridgehead atoms. The van der Waals surface area contributed by atoms with Crippen LogP contribution in [0.1, 0.15) is 46.5 Å². The molecule has 92 valence electrons. The van der Waals surface area contributed by atoms with E-state index < -0.39 is 5.60 Å². The van der Waals surface area contributed by atoms with Gasteiger partial charge in [-0.25, -0.2) is 0 Å². The van der Waals surface area contributed by atoms with Crippen molar-refractivity contribution in [3.63, 3.8) is 0 Å². The summed E-state index contributed by atoms with van der Waals surface area (Å²) in [6.07, 6.45) is 4.23. The zero-order chi connectivity index (χ0) is 11.7. The van der Waals surface area contributed by atoms with Crippen LogP contribution in [0.15, 0.2) is 0 Å². The van der Waals surface area contributed by atoms with Gasteiger partial charge in [0.05, 0.1) is 5.60 Å². The zero-order valence-electron chi connectivity index (χ0n) is 10.6. The second kappa shape index (κ2) is 8.08. The van der Waals surface area contributed by atoms with Crippen LogP contribution < -0.4 is 5.73 Å². The number of nitrogens with zero attached hydrogens (tertiary/aromatic N) is 1. The molecule has 0 radical (unpaired) electrons. The Morgan fingerprint density at radius 3 is 2.07 bits per heavy atom. The predicted molar refractivity (Wildman–Crippen MR) is 65.9 cm³/mol. The molecule has 0 aromatic heterocycles. The topological polar surface area (TPSA) is 49.5 Å². The van der Waals surface area contributed by atoms with Gasteiger partial charge in [0.1, 0.15) is 0 Å².